The average Bonchev–Trinajstić information content (AvgIpc) is 3.23. The molecule has 0 saturated carbocycles. The van der Waals surface area contributed by atoms with Crippen molar-refractivity contribution in [1.82, 2.24) is 10.3 Å². The maximum Gasteiger partial charge on any atom is 0.128 e. The Kier molecular flexibility index (Phi) is 4.99. The fraction of sp³-hybridized carbons (Fsp3) is 0.476. The summed E-state index contributed by atoms with van der Waals surface area (Å²) in [6.45, 7) is 4.74. The third kappa shape index (κ3) is 3.70. The summed E-state index contributed by atoms with van der Waals surface area (Å²) in [5, 5.41) is 3.82. The first-order valence-corrected chi connectivity index (χ1v) is 9.44. The monoisotopic (exact) mass is 337 g/mol. The van der Waals surface area contributed by atoms with Crippen molar-refractivity contribution in [2.24, 2.45) is 0 Å². The molecule has 2 aromatic rings. The van der Waals surface area contributed by atoms with E-state index in [-0.39, 0.29) is 5.54 Å². The molecule has 0 amide bonds. The van der Waals surface area contributed by atoms with Gasteiger partial charge in [0, 0.05) is 44.6 Å². The summed E-state index contributed by atoms with van der Waals surface area (Å²) < 4.78 is 5.61. The van der Waals surface area contributed by atoms with Crippen LogP contribution >= 0.6 is 0 Å². The molecule has 0 atom stereocenters. The minimum Gasteiger partial charge on any atom is -0.381 e. The number of anilines is 1. The molecule has 0 radical (unpaired) electrons. The van der Waals surface area contributed by atoms with Crippen LogP contribution in [0.15, 0.2) is 48.7 Å². The van der Waals surface area contributed by atoms with Crippen molar-refractivity contribution in [3.63, 3.8) is 0 Å². The number of aromatic nitrogens is 1. The Hall–Kier alpha value is -1.91. The minimum absolute atomic E-state index is 0.00708. The van der Waals surface area contributed by atoms with Gasteiger partial charge in [-0.1, -0.05) is 36.4 Å². The quantitative estimate of drug-likeness (QED) is 0.906. The van der Waals surface area contributed by atoms with Crippen LogP contribution in [0.3, 0.4) is 0 Å². The number of hydrogen-bond donors (Lipinski definition) is 1. The van der Waals surface area contributed by atoms with Gasteiger partial charge in [-0.25, -0.2) is 4.98 Å². The van der Waals surface area contributed by atoms with Gasteiger partial charge in [-0.3, -0.25) is 0 Å². The standard InChI is InChI=1S/C21H27N3O/c1-2-6-19(7-3-1)21(10-14-25-15-11-21)23-17-18-8-9-20(22-16-18)24-12-4-5-13-24/h1-3,6-9,16,23H,4-5,10-15,17H2. The van der Waals surface area contributed by atoms with E-state index in [1.807, 2.05) is 6.20 Å². The summed E-state index contributed by atoms with van der Waals surface area (Å²) in [7, 11) is 0. The first-order chi connectivity index (χ1) is 12.4. The largest absolute Gasteiger partial charge is 0.381 e. The fourth-order valence-corrected chi connectivity index (χ4v) is 3.97. The lowest BCUT2D eigenvalue weighted by molar-refractivity contribution is 0.0358. The van der Waals surface area contributed by atoms with Crippen LogP contribution in [0.4, 0.5) is 5.82 Å². The highest BCUT2D eigenvalue weighted by Crippen LogP contribution is 2.32. The van der Waals surface area contributed by atoms with Crippen LogP contribution in [0.2, 0.25) is 0 Å². The number of ether oxygens (including phenoxy) is 1. The number of pyridine rings is 1. The molecule has 0 aliphatic carbocycles. The number of nitrogens with one attached hydrogen (secondary N) is 1. The number of rotatable bonds is 5. The van der Waals surface area contributed by atoms with E-state index in [1.54, 1.807) is 0 Å². The Labute approximate surface area is 150 Å². The van der Waals surface area contributed by atoms with Gasteiger partial charge in [0.1, 0.15) is 5.82 Å². The van der Waals surface area contributed by atoms with Gasteiger partial charge in [0.2, 0.25) is 0 Å². The van der Waals surface area contributed by atoms with Gasteiger partial charge in [-0.15, -0.1) is 0 Å². The normalized spacial score (nSPS) is 19.9. The first-order valence-electron chi connectivity index (χ1n) is 9.44. The van der Waals surface area contributed by atoms with Crippen LogP contribution in [0, 0.1) is 0 Å². The summed E-state index contributed by atoms with van der Waals surface area (Å²) in [6.07, 6.45) is 6.62. The Morgan fingerprint density at radius 1 is 1.00 bits per heavy atom. The SMILES string of the molecule is c1ccc(C2(NCc3ccc(N4CCCC4)nc3)CCOCC2)cc1. The zero-order valence-corrected chi connectivity index (χ0v) is 14.8. The number of benzene rings is 1. The molecule has 1 N–H and O–H groups in total. The van der Waals surface area contributed by atoms with E-state index in [4.69, 9.17) is 4.74 Å². The van der Waals surface area contributed by atoms with Crippen molar-refractivity contribution in [1.29, 1.82) is 0 Å². The van der Waals surface area contributed by atoms with Gasteiger partial charge in [0.25, 0.3) is 0 Å². The zero-order chi connectivity index (χ0) is 17.0. The Morgan fingerprint density at radius 2 is 1.76 bits per heavy atom. The topological polar surface area (TPSA) is 37.4 Å². The molecule has 2 saturated heterocycles. The van der Waals surface area contributed by atoms with Crippen LogP contribution in [0.25, 0.3) is 0 Å². The van der Waals surface area contributed by atoms with Gasteiger partial charge in [-0.2, -0.15) is 0 Å². The summed E-state index contributed by atoms with van der Waals surface area (Å²) in [6, 6.07) is 15.2. The van der Waals surface area contributed by atoms with Gasteiger partial charge < -0.3 is 15.0 Å². The highest BCUT2D eigenvalue weighted by molar-refractivity contribution is 5.40. The van der Waals surface area contributed by atoms with E-state index < -0.39 is 0 Å². The summed E-state index contributed by atoms with van der Waals surface area (Å²) in [4.78, 5) is 7.06. The lowest BCUT2D eigenvalue weighted by atomic mass is 9.82. The third-order valence-corrected chi connectivity index (χ3v) is 5.54. The fourth-order valence-electron chi connectivity index (χ4n) is 3.97. The molecular weight excluding hydrogens is 310 g/mol. The molecule has 4 nitrogen and oxygen atoms in total. The highest BCUT2D eigenvalue weighted by Gasteiger charge is 2.33. The van der Waals surface area contributed by atoms with Crippen LogP contribution in [-0.4, -0.2) is 31.3 Å². The van der Waals surface area contributed by atoms with Crippen molar-refractivity contribution in [2.75, 3.05) is 31.2 Å². The molecule has 1 aromatic carbocycles. The van der Waals surface area contributed by atoms with E-state index in [9.17, 15) is 0 Å². The van der Waals surface area contributed by atoms with Gasteiger partial charge in [0.15, 0.2) is 0 Å². The van der Waals surface area contributed by atoms with Gasteiger partial charge >= 0.3 is 0 Å². The zero-order valence-electron chi connectivity index (χ0n) is 14.8. The smallest absolute Gasteiger partial charge is 0.128 e. The average molecular weight is 337 g/mol. The predicted octanol–water partition coefficient (Wildman–Crippen LogP) is 3.48. The van der Waals surface area contributed by atoms with Crippen LogP contribution in [0.5, 0.6) is 0 Å². The van der Waals surface area contributed by atoms with E-state index in [0.29, 0.717) is 0 Å². The molecule has 0 bridgehead atoms. The minimum atomic E-state index is 0.00708. The summed E-state index contributed by atoms with van der Waals surface area (Å²) in [5.74, 6) is 1.12. The molecule has 1 aromatic heterocycles. The molecule has 0 spiro atoms. The lowest BCUT2D eigenvalue weighted by Gasteiger charge is -2.39. The third-order valence-electron chi connectivity index (χ3n) is 5.54. The number of hydrogen-bond acceptors (Lipinski definition) is 4. The molecule has 2 aliphatic heterocycles. The Bertz CT molecular complexity index is 659. The van der Waals surface area contributed by atoms with Crippen LogP contribution < -0.4 is 10.2 Å². The molecule has 2 aliphatic rings. The summed E-state index contributed by atoms with van der Waals surface area (Å²) in [5.41, 5.74) is 2.61. The van der Waals surface area contributed by atoms with Crippen molar-refractivity contribution >= 4 is 5.82 Å². The van der Waals surface area contributed by atoms with Gasteiger partial charge in [0.05, 0.1) is 0 Å². The molecular formula is C21H27N3O. The molecule has 4 heteroatoms. The van der Waals surface area contributed by atoms with Crippen molar-refractivity contribution in [3.05, 3.63) is 59.8 Å². The highest BCUT2D eigenvalue weighted by atomic mass is 16.5. The molecule has 25 heavy (non-hydrogen) atoms. The van der Waals surface area contributed by atoms with Crippen LogP contribution in [-0.2, 0) is 16.8 Å². The molecule has 3 heterocycles. The second kappa shape index (κ2) is 7.54. The van der Waals surface area contributed by atoms with Crippen molar-refractivity contribution < 1.29 is 4.74 Å². The molecule has 4 rings (SSSR count). The van der Waals surface area contributed by atoms with Gasteiger partial charge in [-0.05, 0) is 42.9 Å². The number of nitrogens with zero attached hydrogens (tertiary/aromatic N) is 2. The second-order valence-electron chi connectivity index (χ2n) is 7.13. The van der Waals surface area contributed by atoms with E-state index in [1.165, 1.54) is 24.0 Å². The molecule has 2 fully saturated rings. The van der Waals surface area contributed by atoms with Crippen molar-refractivity contribution in [2.45, 2.75) is 37.8 Å². The maximum atomic E-state index is 5.61. The first kappa shape index (κ1) is 16.6. The Morgan fingerprint density at radius 3 is 2.44 bits per heavy atom. The second-order valence-corrected chi connectivity index (χ2v) is 7.13. The maximum absolute atomic E-state index is 5.61. The predicted molar refractivity (Wildman–Crippen MR) is 101 cm³/mol. The van der Waals surface area contributed by atoms with Crippen LogP contribution in [0.1, 0.15) is 36.8 Å². The van der Waals surface area contributed by atoms with E-state index in [2.05, 4.69) is 57.7 Å². The Balaban J connectivity index is 1.46. The molecule has 132 valence electrons. The summed E-state index contributed by atoms with van der Waals surface area (Å²) >= 11 is 0. The molecule has 0 unspecified atom stereocenters. The van der Waals surface area contributed by atoms with E-state index >= 15 is 0 Å². The van der Waals surface area contributed by atoms with Crippen molar-refractivity contribution in [3.8, 4) is 0 Å². The lowest BCUT2D eigenvalue weighted by Crippen LogP contribution is -2.46. The van der Waals surface area contributed by atoms with E-state index in [0.717, 1.165) is 51.5 Å².